The first-order valence-electron chi connectivity index (χ1n) is 8.33. The molecule has 0 aliphatic rings. The van der Waals surface area contributed by atoms with E-state index in [1.807, 2.05) is 38.1 Å². The first-order valence-corrected chi connectivity index (χ1v) is 8.33. The average Bonchev–Trinajstić information content (AvgIpc) is 2.61. The second-order valence-electron chi connectivity index (χ2n) is 5.14. The fraction of sp³-hybridized carbons (Fsp3) is 0.381. The molecule has 2 rings (SSSR count). The fourth-order valence-corrected chi connectivity index (χ4v) is 2.90. The first kappa shape index (κ1) is 18.0. The Hall–Kier alpha value is -2.07. The molecule has 0 saturated heterocycles. The van der Waals surface area contributed by atoms with E-state index in [2.05, 4.69) is 50.2 Å². The number of hydrogen-bond donors (Lipinski definition) is 0. The van der Waals surface area contributed by atoms with Crippen LogP contribution < -0.4 is 0 Å². The van der Waals surface area contributed by atoms with Crippen LogP contribution in [0.15, 0.2) is 54.6 Å². The lowest BCUT2D eigenvalue weighted by Gasteiger charge is -2.28. The molecule has 1 heteroatoms. The van der Waals surface area contributed by atoms with E-state index in [9.17, 15) is 5.26 Å². The van der Waals surface area contributed by atoms with Crippen molar-refractivity contribution < 1.29 is 0 Å². The topological polar surface area (TPSA) is 23.8 Å². The van der Waals surface area contributed by atoms with Gasteiger partial charge in [0.25, 0.3) is 0 Å². The molecule has 0 aliphatic carbocycles. The molecular formula is C21H27N. The van der Waals surface area contributed by atoms with Crippen molar-refractivity contribution in [2.45, 2.75) is 52.4 Å². The van der Waals surface area contributed by atoms with Gasteiger partial charge in [-0.2, -0.15) is 5.26 Å². The van der Waals surface area contributed by atoms with E-state index in [0.29, 0.717) is 0 Å². The number of rotatable bonds is 5. The molecular weight excluding hydrogens is 266 g/mol. The highest BCUT2D eigenvalue weighted by Crippen LogP contribution is 2.37. The molecule has 0 aromatic heterocycles. The van der Waals surface area contributed by atoms with Crippen molar-refractivity contribution in [3.8, 4) is 6.07 Å². The van der Waals surface area contributed by atoms with E-state index in [1.54, 1.807) is 0 Å². The van der Waals surface area contributed by atoms with Crippen molar-refractivity contribution in [2.75, 3.05) is 0 Å². The molecule has 116 valence electrons. The second kappa shape index (κ2) is 9.05. The predicted octanol–water partition coefficient (Wildman–Crippen LogP) is 5.88. The molecule has 0 N–H and O–H groups in total. The van der Waals surface area contributed by atoms with Gasteiger partial charge in [-0.1, -0.05) is 88.7 Å². The number of hydrogen-bond acceptors (Lipinski definition) is 1. The molecule has 2 aromatic carbocycles. The summed E-state index contributed by atoms with van der Waals surface area (Å²) >= 11 is 0. The van der Waals surface area contributed by atoms with Crippen LogP contribution in [0.2, 0.25) is 0 Å². The molecule has 0 fully saturated rings. The highest BCUT2D eigenvalue weighted by molar-refractivity contribution is 5.49. The van der Waals surface area contributed by atoms with E-state index in [1.165, 1.54) is 5.56 Å². The molecule has 0 spiro atoms. The SMILES string of the molecule is CC.CCCc1ccccc1C(C#N)(CC)c1ccccc1. The monoisotopic (exact) mass is 293 g/mol. The van der Waals surface area contributed by atoms with Gasteiger partial charge in [0.1, 0.15) is 5.41 Å². The minimum absolute atomic E-state index is 0.535. The Morgan fingerprint density at radius 1 is 0.909 bits per heavy atom. The highest BCUT2D eigenvalue weighted by Gasteiger charge is 2.34. The molecule has 22 heavy (non-hydrogen) atoms. The van der Waals surface area contributed by atoms with E-state index in [-0.39, 0.29) is 0 Å². The van der Waals surface area contributed by atoms with Crippen LogP contribution in [0.4, 0.5) is 0 Å². The minimum Gasteiger partial charge on any atom is -0.197 e. The van der Waals surface area contributed by atoms with Crippen LogP contribution >= 0.6 is 0 Å². The van der Waals surface area contributed by atoms with Gasteiger partial charge in [0.05, 0.1) is 6.07 Å². The van der Waals surface area contributed by atoms with Gasteiger partial charge in [0.15, 0.2) is 0 Å². The lowest BCUT2D eigenvalue weighted by molar-refractivity contribution is 0.622. The minimum atomic E-state index is -0.535. The number of nitrogens with zero attached hydrogens (tertiary/aromatic N) is 1. The van der Waals surface area contributed by atoms with Crippen molar-refractivity contribution in [3.05, 3.63) is 71.3 Å². The Morgan fingerprint density at radius 2 is 1.50 bits per heavy atom. The summed E-state index contributed by atoms with van der Waals surface area (Å²) in [6.45, 7) is 8.28. The summed E-state index contributed by atoms with van der Waals surface area (Å²) in [5.41, 5.74) is 3.02. The fourth-order valence-electron chi connectivity index (χ4n) is 2.90. The van der Waals surface area contributed by atoms with E-state index in [4.69, 9.17) is 0 Å². The zero-order valence-corrected chi connectivity index (χ0v) is 14.3. The van der Waals surface area contributed by atoms with Gasteiger partial charge >= 0.3 is 0 Å². The quantitative estimate of drug-likeness (QED) is 0.674. The van der Waals surface area contributed by atoms with Gasteiger partial charge in [-0.15, -0.1) is 0 Å². The lowest BCUT2D eigenvalue weighted by atomic mass is 9.71. The predicted molar refractivity (Wildman–Crippen MR) is 94.9 cm³/mol. The van der Waals surface area contributed by atoms with Crippen LogP contribution in [0, 0.1) is 11.3 Å². The summed E-state index contributed by atoms with van der Waals surface area (Å²) in [6.07, 6.45) is 2.90. The Bertz CT molecular complexity index is 595. The first-order chi connectivity index (χ1) is 10.8. The van der Waals surface area contributed by atoms with Gasteiger partial charge in [0.2, 0.25) is 0 Å². The molecule has 0 heterocycles. The number of benzene rings is 2. The summed E-state index contributed by atoms with van der Waals surface area (Å²) in [6, 6.07) is 21.1. The average molecular weight is 293 g/mol. The number of aryl methyl sites for hydroxylation is 1. The van der Waals surface area contributed by atoms with Crippen LogP contribution in [-0.2, 0) is 11.8 Å². The molecule has 0 amide bonds. The van der Waals surface area contributed by atoms with E-state index >= 15 is 0 Å². The second-order valence-corrected chi connectivity index (χ2v) is 5.14. The van der Waals surface area contributed by atoms with Gasteiger partial charge in [-0.25, -0.2) is 0 Å². The van der Waals surface area contributed by atoms with Crippen molar-refractivity contribution in [1.82, 2.24) is 0 Å². The smallest absolute Gasteiger partial charge is 0.107 e. The van der Waals surface area contributed by atoms with Crippen LogP contribution in [0.1, 0.15) is 57.2 Å². The molecule has 0 aliphatic heterocycles. The Morgan fingerprint density at radius 3 is 2.05 bits per heavy atom. The van der Waals surface area contributed by atoms with E-state index < -0.39 is 5.41 Å². The number of nitriles is 1. The maximum absolute atomic E-state index is 9.93. The van der Waals surface area contributed by atoms with Crippen molar-refractivity contribution in [2.24, 2.45) is 0 Å². The normalized spacial score (nSPS) is 12.5. The lowest BCUT2D eigenvalue weighted by Crippen LogP contribution is -2.26. The Labute approximate surface area is 135 Å². The third kappa shape index (κ3) is 3.57. The zero-order chi connectivity index (χ0) is 16.4. The van der Waals surface area contributed by atoms with Gasteiger partial charge < -0.3 is 0 Å². The molecule has 0 saturated carbocycles. The maximum Gasteiger partial charge on any atom is 0.107 e. The summed E-state index contributed by atoms with van der Waals surface area (Å²) in [5.74, 6) is 0. The standard InChI is InChI=1S/C19H21N.C2H6/c1-3-10-16-11-8-9-14-18(16)19(4-2,15-20)17-12-6-5-7-13-17;1-2/h5-9,11-14H,3-4,10H2,1-2H3;1-2H3. The maximum atomic E-state index is 9.93. The largest absolute Gasteiger partial charge is 0.197 e. The molecule has 1 atom stereocenters. The molecule has 1 unspecified atom stereocenters. The Balaban J connectivity index is 0.00000116. The highest BCUT2D eigenvalue weighted by atomic mass is 14.4. The van der Waals surface area contributed by atoms with Gasteiger partial charge in [0, 0.05) is 0 Å². The van der Waals surface area contributed by atoms with Crippen LogP contribution in [0.3, 0.4) is 0 Å². The molecule has 0 bridgehead atoms. The molecule has 1 nitrogen and oxygen atoms in total. The van der Waals surface area contributed by atoms with Crippen molar-refractivity contribution in [3.63, 3.8) is 0 Å². The third-order valence-corrected chi connectivity index (χ3v) is 3.98. The van der Waals surface area contributed by atoms with Crippen LogP contribution in [0.5, 0.6) is 0 Å². The summed E-state index contributed by atoms with van der Waals surface area (Å²) in [7, 11) is 0. The summed E-state index contributed by atoms with van der Waals surface area (Å²) in [5, 5.41) is 9.93. The zero-order valence-electron chi connectivity index (χ0n) is 14.3. The Kier molecular flexibility index (Phi) is 7.40. The molecule has 0 radical (unpaired) electrons. The molecule has 2 aromatic rings. The van der Waals surface area contributed by atoms with Gasteiger partial charge in [-0.3, -0.25) is 0 Å². The van der Waals surface area contributed by atoms with Crippen LogP contribution in [-0.4, -0.2) is 0 Å². The third-order valence-electron chi connectivity index (χ3n) is 3.98. The van der Waals surface area contributed by atoms with Crippen molar-refractivity contribution >= 4 is 0 Å². The van der Waals surface area contributed by atoms with Crippen molar-refractivity contribution in [1.29, 1.82) is 5.26 Å². The summed E-state index contributed by atoms with van der Waals surface area (Å²) < 4.78 is 0. The van der Waals surface area contributed by atoms with E-state index in [0.717, 1.165) is 30.4 Å². The summed E-state index contributed by atoms with van der Waals surface area (Å²) in [4.78, 5) is 0. The van der Waals surface area contributed by atoms with Gasteiger partial charge in [-0.05, 0) is 29.5 Å². The van der Waals surface area contributed by atoms with Crippen LogP contribution in [0.25, 0.3) is 0 Å².